The Kier molecular flexibility index (Phi) is 6.92. The van der Waals surface area contributed by atoms with Crippen molar-refractivity contribution in [1.29, 1.82) is 0 Å². The van der Waals surface area contributed by atoms with Gasteiger partial charge in [0.25, 0.3) is 10.2 Å². The molecule has 0 spiro atoms. The summed E-state index contributed by atoms with van der Waals surface area (Å²) in [5.74, 6) is 0.465. The van der Waals surface area contributed by atoms with Crippen molar-refractivity contribution in [1.82, 2.24) is 13.9 Å². The summed E-state index contributed by atoms with van der Waals surface area (Å²) in [5.41, 5.74) is 0. The fourth-order valence-electron chi connectivity index (χ4n) is 3.32. The van der Waals surface area contributed by atoms with Crippen molar-refractivity contribution in [2.24, 2.45) is 5.92 Å². The predicted octanol–water partition coefficient (Wildman–Crippen LogP) is 1.82. The Morgan fingerprint density at radius 1 is 1.00 bits per heavy atom. The second kappa shape index (κ2) is 8.46. The topological polar surface area (TPSA) is 52.7 Å². The largest absolute Gasteiger partial charge is 0.316 e. The maximum Gasteiger partial charge on any atom is 0.281 e. The van der Waals surface area contributed by atoms with Crippen molar-refractivity contribution in [2.45, 2.75) is 51.9 Å². The first-order valence-electron chi connectivity index (χ1n) is 8.60. The lowest BCUT2D eigenvalue weighted by Crippen LogP contribution is -2.49. The summed E-state index contributed by atoms with van der Waals surface area (Å²) in [4.78, 5) is 0. The molecule has 1 unspecified atom stereocenters. The first-order chi connectivity index (χ1) is 10.1. The third kappa shape index (κ3) is 4.91. The first kappa shape index (κ1) is 17.2. The van der Waals surface area contributed by atoms with Crippen LogP contribution in [-0.4, -0.2) is 56.3 Å². The summed E-state index contributed by atoms with van der Waals surface area (Å²) < 4.78 is 29.1. The Morgan fingerprint density at radius 3 is 2.33 bits per heavy atom. The molecule has 2 fully saturated rings. The zero-order valence-electron chi connectivity index (χ0n) is 13.4. The minimum atomic E-state index is -3.23. The van der Waals surface area contributed by atoms with Crippen LogP contribution in [-0.2, 0) is 10.2 Å². The van der Waals surface area contributed by atoms with Crippen LogP contribution < -0.4 is 5.32 Å². The molecule has 2 heterocycles. The lowest BCUT2D eigenvalue weighted by molar-refractivity contribution is 0.242. The van der Waals surface area contributed by atoms with Crippen molar-refractivity contribution in [3.05, 3.63) is 0 Å². The highest BCUT2D eigenvalue weighted by molar-refractivity contribution is 7.86. The molecule has 0 radical (unpaired) electrons. The van der Waals surface area contributed by atoms with Gasteiger partial charge in [0.05, 0.1) is 0 Å². The van der Waals surface area contributed by atoms with E-state index in [1.807, 2.05) is 0 Å². The normalized spacial score (nSPS) is 26.6. The fraction of sp³-hybridized carbons (Fsp3) is 1.00. The van der Waals surface area contributed by atoms with Crippen molar-refractivity contribution in [3.63, 3.8) is 0 Å². The van der Waals surface area contributed by atoms with Crippen LogP contribution in [0.5, 0.6) is 0 Å². The summed E-state index contributed by atoms with van der Waals surface area (Å²) in [6, 6.07) is 0. The van der Waals surface area contributed by atoms with Gasteiger partial charge in [-0.15, -0.1) is 0 Å². The molecule has 21 heavy (non-hydrogen) atoms. The van der Waals surface area contributed by atoms with Crippen molar-refractivity contribution in [3.8, 4) is 0 Å². The van der Waals surface area contributed by atoms with E-state index in [0.717, 1.165) is 58.0 Å². The van der Waals surface area contributed by atoms with E-state index in [1.165, 1.54) is 0 Å². The van der Waals surface area contributed by atoms with Gasteiger partial charge in [-0.05, 0) is 51.1 Å². The van der Waals surface area contributed by atoms with E-state index in [1.54, 1.807) is 8.61 Å². The van der Waals surface area contributed by atoms with Gasteiger partial charge in [-0.2, -0.15) is 17.0 Å². The molecular weight excluding hydrogens is 286 g/mol. The number of nitrogens with one attached hydrogen (secondary N) is 1. The molecule has 5 nitrogen and oxygen atoms in total. The maximum absolute atomic E-state index is 12.8. The van der Waals surface area contributed by atoms with Crippen molar-refractivity contribution < 1.29 is 8.42 Å². The summed E-state index contributed by atoms with van der Waals surface area (Å²) in [6.07, 6.45) is 7.60. The van der Waals surface area contributed by atoms with E-state index in [-0.39, 0.29) is 0 Å². The second-order valence-electron chi connectivity index (χ2n) is 6.39. The Bertz CT molecular complexity index is 392. The Balaban J connectivity index is 1.91. The molecule has 124 valence electrons. The molecule has 2 aliphatic heterocycles. The van der Waals surface area contributed by atoms with E-state index < -0.39 is 10.2 Å². The van der Waals surface area contributed by atoms with Gasteiger partial charge in [-0.3, -0.25) is 0 Å². The van der Waals surface area contributed by atoms with Gasteiger partial charge in [-0.1, -0.05) is 19.8 Å². The molecule has 2 aliphatic rings. The van der Waals surface area contributed by atoms with E-state index in [2.05, 4.69) is 12.2 Å². The summed E-state index contributed by atoms with van der Waals surface area (Å²) >= 11 is 0. The van der Waals surface area contributed by atoms with Crippen LogP contribution in [0, 0.1) is 5.92 Å². The smallest absolute Gasteiger partial charge is 0.281 e. The van der Waals surface area contributed by atoms with Crippen LogP contribution in [0.25, 0.3) is 0 Å². The van der Waals surface area contributed by atoms with Gasteiger partial charge in [0.2, 0.25) is 0 Å². The number of nitrogens with zero attached hydrogens (tertiary/aromatic N) is 2. The van der Waals surface area contributed by atoms with Gasteiger partial charge >= 0.3 is 0 Å². The molecule has 0 bridgehead atoms. The number of hydrogen-bond acceptors (Lipinski definition) is 3. The summed E-state index contributed by atoms with van der Waals surface area (Å²) in [5, 5.41) is 3.43. The molecule has 1 atom stereocenters. The quantitative estimate of drug-likeness (QED) is 0.760. The molecule has 0 aromatic rings. The van der Waals surface area contributed by atoms with Crippen LogP contribution in [0.2, 0.25) is 0 Å². The van der Waals surface area contributed by atoms with E-state index in [0.29, 0.717) is 32.1 Å². The molecule has 2 rings (SSSR count). The third-order valence-corrected chi connectivity index (χ3v) is 6.56. The zero-order chi connectivity index (χ0) is 15.1. The molecule has 1 N–H and O–H groups in total. The second-order valence-corrected chi connectivity index (χ2v) is 8.32. The Hall–Kier alpha value is -0.170. The standard InChI is InChI=1S/C15H31N3O2S/c1-2-9-16-13-15-8-7-12-18(14-15)21(19,20)17-10-5-3-4-6-11-17/h15-16H,2-14H2,1H3. The highest BCUT2D eigenvalue weighted by Gasteiger charge is 2.33. The fourth-order valence-corrected chi connectivity index (χ4v) is 5.13. The molecule has 0 aromatic carbocycles. The molecule has 0 saturated carbocycles. The minimum Gasteiger partial charge on any atom is -0.316 e. The van der Waals surface area contributed by atoms with E-state index in [4.69, 9.17) is 0 Å². The molecule has 0 amide bonds. The van der Waals surface area contributed by atoms with Gasteiger partial charge in [0.15, 0.2) is 0 Å². The number of piperidine rings is 1. The Morgan fingerprint density at radius 2 is 1.67 bits per heavy atom. The van der Waals surface area contributed by atoms with Crippen LogP contribution in [0.4, 0.5) is 0 Å². The van der Waals surface area contributed by atoms with E-state index >= 15 is 0 Å². The van der Waals surface area contributed by atoms with Gasteiger partial charge < -0.3 is 5.32 Å². The predicted molar refractivity (Wildman–Crippen MR) is 86.4 cm³/mol. The number of rotatable bonds is 6. The van der Waals surface area contributed by atoms with Gasteiger partial charge in [0, 0.05) is 26.2 Å². The summed E-state index contributed by atoms with van der Waals surface area (Å²) in [7, 11) is -3.23. The average Bonchev–Trinajstić information content (AvgIpc) is 2.77. The number of hydrogen-bond donors (Lipinski definition) is 1. The van der Waals surface area contributed by atoms with Crippen LogP contribution in [0.1, 0.15) is 51.9 Å². The van der Waals surface area contributed by atoms with Crippen LogP contribution in [0.3, 0.4) is 0 Å². The van der Waals surface area contributed by atoms with Gasteiger partial charge in [0.1, 0.15) is 0 Å². The molecule has 0 aliphatic carbocycles. The van der Waals surface area contributed by atoms with Crippen LogP contribution >= 0.6 is 0 Å². The van der Waals surface area contributed by atoms with Crippen LogP contribution in [0.15, 0.2) is 0 Å². The highest BCUT2D eigenvalue weighted by Crippen LogP contribution is 2.22. The monoisotopic (exact) mass is 317 g/mol. The van der Waals surface area contributed by atoms with Crippen molar-refractivity contribution >= 4 is 10.2 Å². The summed E-state index contributed by atoms with van der Waals surface area (Å²) in [6.45, 7) is 6.92. The average molecular weight is 317 g/mol. The lowest BCUT2D eigenvalue weighted by atomic mass is 10.00. The molecule has 6 heteroatoms. The minimum absolute atomic E-state index is 0.465. The van der Waals surface area contributed by atoms with Crippen molar-refractivity contribution in [2.75, 3.05) is 39.3 Å². The third-order valence-electron chi connectivity index (χ3n) is 4.56. The Labute approximate surface area is 130 Å². The maximum atomic E-state index is 12.8. The molecule has 0 aromatic heterocycles. The lowest BCUT2D eigenvalue weighted by Gasteiger charge is -2.35. The highest BCUT2D eigenvalue weighted by atomic mass is 32.2. The molecule has 2 saturated heterocycles. The SMILES string of the molecule is CCCNCC1CCCN(S(=O)(=O)N2CCCCCC2)C1. The first-order valence-corrected chi connectivity index (χ1v) is 10.00. The molecular formula is C15H31N3O2S. The van der Waals surface area contributed by atoms with Gasteiger partial charge in [-0.25, -0.2) is 0 Å². The van der Waals surface area contributed by atoms with E-state index in [9.17, 15) is 8.42 Å². The zero-order valence-corrected chi connectivity index (χ0v) is 14.2.